The molecule has 3 aromatic heterocycles. The minimum Gasteiger partial charge on any atom is -0.497 e. The molecule has 0 aliphatic carbocycles. The molecule has 0 saturated carbocycles. The van der Waals surface area contributed by atoms with Gasteiger partial charge in [0.25, 0.3) is 0 Å². The fraction of sp³-hybridized carbons (Fsp3) is 0.333. The summed E-state index contributed by atoms with van der Waals surface area (Å²) in [5.41, 5.74) is 4.23. The maximum Gasteiger partial charge on any atom is 0.408 e. The van der Waals surface area contributed by atoms with Crippen molar-refractivity contribution in [2.75, 3.05) is 13.7 Å². The molecule has 258 valence electrons. The molecule has 5 rings (SSSR count). The minimum absolute atomic E-state index is 0.271. The van der Waals surface area contributed by atoms with Crippen molar-refractivity contribution >= 4 is 23.0 Å². The Balaban J connectivity index is 0.00000265. The lowest BCUT2D eigenvalue weighted by molar-refractivity contribution is -0.123. The molecule has 0 fully saturated rings. The number of carbonyl (C=O) groups excluding carboxylic acids is 2. The highest BCUT2D eigenvalue weighted by Crippen LogP contribution is 2.33. The van der Waals surface area contributed by atoms with E-state index in [9.17, 15) is 9.59 Å². The quantitative estimate of drug-likeness (QED) is 0.143. The van der Waals surface area contributed by atoms with Crippen molar-refractivity contribution in [2.24, 2.45) is 0 Å². The van der Waals surface area contributed by atoms with Gasteiger partial charge in [-0.15, -0.1) is 0 Å². The first-order valence-corrected chi connectivity index (χ1v) is 16.6. The third kappa shape index (κ3) is 10.6. The van der Waals surface area contributed by atoms with Crippen LogP contribution in [0.3, 0.4) is 0 Å². The molecule has 1 unspecified atom stereocenters. The van der Waals surface area contributed by atoms with Gasteiger partial charge in [0.05, 0.1) is 12.5 Å². The van der Waals surface area contributed by atoms with E-state index in [0.29, 0.717) is 31.0 Å². The average molecular weight is 666 g/mol. The van der Waals surface area contributed by atoms with Crippen molar-refractivity contribution in [3.8, 4) is 17.2 Å². The van der Waals surface area contributed by atoms with E-state index in [-0.39, 0.29) is 12.3 Å². The Kier molecular flexibility index (Phi) is 12.8. The molecular weight excluding hydrogens is 618 g/mol. The molecule has 1 atom stereocenters. The molecule has 0 aliphatic heterocycles. The maximum atomic E-state index is 13.2. The molecule has 2 aromatic carbocycles. The van der Waals surface area contributed by atoms with Gasteiger partial charge in [-0.05, 0) is 98.8 Å². The number of methoxy groups -OCH3 is 1. The van der Waals surface area contributed by atoms with E-state index in [0.717, 1.165) is 39.0 Å². The van der Waals surface area contributed by atoms with Crippen molar-refractivity contribution in [3.63, 3.8) is 0 Å². The van der Waals surface area contributed by atoms with Gasteiger partial charge in [0.1, 0.15) is 34.5 Å². The highest BCUT2D eigenvalue weighted by Gasteiger charge is 2.25. The normalized spacial score (nSPS) is 11.6. The summed E-state index contributed by atoms with van der Waals surface area (Å²) in [5, 5.41) is 6.63. The number of nitrogens with one attached hydrogen (secondary N) is 2. The van der Waals surface area contributed by atoms with Gasteiger partial charge in [0.2, 0.25) is 5.91 Å². The Hall–Kier alpha value is -5.38. The largest absolute Gasteiger partial charge is 0.497 e. The second-order valence-electron chi connectivity index (χ2n) is 12.3. The van der Waals surface area contributed by atoms with Gasteiger partial charge >= 0.3 is 6.09 Å². The zero-order valence-electron chi connectivity index (χ0n) is 29.4. The van der Waals surface area contributed by atoms with Crippen LogP contribution in [0.5, 0.6) is 17.2 Å². The van der Waals surface area contributed by atoms with E-state index in [4.69, 9.17) is 14.2 Å². The highest BCUT2D eigenvalue weighted by atomic mass is 16.6. The smallest absolute Gasteiger partial charge is 0.408 e. The van der Waals surface area contributed by atoms with Crippen molar-refractivity contribution in [1.29, 1.82) is 0 Å². The van der Waals surface area contributed by atoms with Crippen molar-refractivity contribution in [1.82, 2.24) is 25.2 Å². The number of aromatic nitrogens is 3. The highest BCUT2D eigenvalue weighted by molar-refractivity contribution is 5.87. The number of amides is 2. The van der Waals surface area contributed by atoms with E-state index < -0.39 is 17.7 Å². The second-order valence-corrected chi connectivity index (χ2v) is 12.3. The maximum absolute atomic E-state index is 13.2. The number of carbonyl (C=O) groups is 2. The standard InChI is InChI=1S/C37H41N5O5.C2H6/c1-25-23-42(24-28-8-10-29(45-5)11-9-28)34-33(25)32(17-21-39-34)46-30-12-6-27(7-13-30)22-31(41-36(44)47-37(2,3)4)35(43)40-20-16-26-14-18-38-19-15-26;1-2/h6-15,17-19,21,23,31H,16,20,22,24H2,1-5H3,(H,40,43)(H,41,44);1-2H3. The molecule has 0 bridgehead atoms. The minimum atomic E-state index is -0.831. The second kappa shape index (κ2) is 17.1. The van der Waals surface area contributed by atoms with Crippen LogP contribution in [0.15, 0.2) is 91.5 Å². The summed E-state index contributed by atoms with van der Waals surface area (Å²) in [6, 6.07) is 20.3. The third-order valence-electron chi connectivity index (χ3n) is 7.48. The Bertz CT molecular complexity index is 1800. The first-order valence-electron chi connectivity index (χ1n) is 16.6. The van der Waals surface area contributed by atoms with Gasteiger partial charge in [-0.3, -0.25) is 9.78 Å². The number of alkyl carbamates (subject to hydrolysis) is 1. The van der Waals surface area contributed by atoms with Crippen molar-refractivity contribution in [2.45, 2.75) is 72.6 Å². The Morgan fingerprint density at radius 2 is 1.51 bits per heavy atom. The van der Waals surface area contributed by atoms with Gasteiger partial charge in [-0.25, -0.2) is 9.78 Å². The number of pyridine rings is 2. The Labute approximate surface area is 288 Å². The molecule has 0 aliphatic rings. The number of aryl methyl sites for hydroxylation is 1. The number of benzene rings is 2. The number of hydrogen-bond acceptors (Lipinski definition) is 7. The number of fused-ring (bicyclic) bond motifs is 1. The predicted molar refractivity (Wildman–Crippen MR) is 192 cm³/mol. The number of hydrogen-bond donors (Lipinski definition) is 2. The van der Waals surface area contributed by atoms with Crippen molar-refractivity contribution in [3.05, 3.63) is 114 Å². The topological polar surface area (TPSA) is 117 Å². The van der Waals surface area contributed by atoms with Crippen LogP contribution in [0, 0.1) is 6.92 Å². The number of ether oxygens (including phenoxy) is 3. The molecule has 5 aromatic rings. The van der Waals surface area contributed by atoms with Crippen LogP contribution < -0.4 is 20.1 Å². The molecule has 0 spiro atoms. The van der Waals surface area contributed by atoms with Gasteiger partial charge in [-0.1, -0.05) is 38.1 Å². The molecule has 49 heavy (non-hydrogen) atoms. The van der Waals surface area contributed by atoms with Crippen LogP contribution in [-0.4, -0.2) is 51.8 Å². The van der Waals surface area contributed by atoms with Crippen LogP contribution in [0.2, 0.25) is 0 Å². The molecule has 0 radical (unpaired) electrons. The zero-order chi connectivity index (χ0) is 35.4. The molecule has 2 N–H and O–H groups in total. The van der Waals surface area contributed by atoms with Crippen LogP contribution in [-0.2, 0) is 28.9 Å². The van der Waals surface area contributed by atoms with Gasteiger partial charge in [0, 0.05) is 44.3 Å². The van der Waals surface area contributed by atoms with Crippen LogP contribution in [0.4, 0.5) is 4.79 Å². The first kappa shape index (κ1) is 36.5. The zero-order valence-corrected chi connectivity index (χ0v) is 29.4. The Morgan fingerprint density at radius 1 is 0.857 bits per heavy atom. The third-order valence-corrected chi connectivity index (χ3v) is 7.48. The summed E-state index contributed by atoms with van der Waals surface area (Å²) in [4.78, 5) is 34.5. The average Bonchev–Trinajstić information content (AvgIpc) is 3.41. The van der Waals surface area contributed by atoms with Gasteiger partial charge in [-0.2, -0.15) is 0 Å². The molecule has 10 heteroatoms. The van der Waals surface area contributed by atoms with Gasteiger partial charge in [0.15, 0.2) is 0 Å². The fourth-order valence-electron chi connectivity index (χ4n) is 5.23. The van der Waals surface area contributed by atoms with Crippen LogP contribution in [0.1, 0.15) is 56.9 Å². The van der Waals surface area contributed by atoms with E-state index in [1.54, 1.807) is 46.5 Å². The van der Waals surface area contributed by atoms with Crippen LogP contribution >= 0.6 is 0 Å². The monoisotopic (exact) mass is 665 g/mol. The SMILES string of the molecule is CC.COc1ccc(Cn2cc(C)c3c(Oc4ccc(CC(NC(=O)OC(C)(C)C)C(=O)NCCc5ccncc5)cc4)ccnc32)cc1. The molecule has 0 saturated heterocycles. The number of rotatable bonds is 12. The summed E-state index contributed by atoms with van der Waals surface area (Å²) in [7, 11) is 1.66. The van der Waals surface area contributed by atoms with Gasteiger partial charge < -0.3 is 29.4 Å². The number of nitrogens with zero attached hydrogens (tertiary/aromatic N) is 3. The lowest BCUT2D eigenvalue weighted by Crippen LogP contribution is -2.49. The molecule has 10 nitrogen and oxygen atoms in total. The van der Waals surface area contributed by atoms with Crippen LogP contribution in [0.25, 0.3) is 11.0 Å². The molecular formula is C39H47N5O5. The van der Waals surface area contributed by atoms with E-state index in [2.05, 4.69) is 31.4 Å². The first-order chi connectivity index (χ1) is 23.6. The van der Waals surface area contributed by atoms with E-state index in [1.807, 2.05) is 87.5 Å². The molecule has 3 heterocycles. The lowest BCUT2D eigenvalue weighted by atomic mass is 10.0. The summed E-state index contributed by atoms with van der Waals surface area (Å²) in [6.45, 7) is 12.5. The van der Waals surface area contributed by atoms with E-state index >= 15 is 0 Å². The van der Waals surface area contributed by atoms with E-state index in [1.165, 1.54) is 0 Å². The fourth-order valence-corrected chi connectivity index (χ4v) is 5.23. The summed E-state index contributed by atoms with van der Waals surface area (Å²) in [6.07, 6.45) is 7.53. The predicted octanol–water partition coefficient (Wildman–Crippen LogP) is 7.41. The lowest BCUT2D eigenvalue weighted by Gasteiger charge is -2.23. The Morgan fingerprint density at radius 3 is 2.16 bits per heavy atom. The summed E-state index contributed by atoms with van der Waals surface area (Å²) < 4.78 is 19.2. The summed E-state index contributed by atoms with van der Waals surface area (Å²) in [5.74, 6) is 1.87. The molecule has 2 amide bonds. The summed E-state index contributed by atoms with van der Waals surface area (Å²) >= 11 is 0. The van der Waals surface area contributed by atoms with Crippen molar-refractivity contribution < 1.29 is 23.8 Å².